The summed E-state index contributed by atoms with van der Waals surface area (Å²) in [4.78, 5) is 22.8. The number of aromatic nitrogens is 2. The molecule has 0 atom stereocenters. The van der Waals surface area contributed by atoms with Crippen molar-refractivity contribution in [3.05, 3.63) is 16.8 Å². The minimum Gasteiger partial charge on any atom is -0.354 e. The third-order valence-corrected chi connectivity index (χ3v) is 5.43. The molecule has 5 nitrogen and oxygen atoms in total. The van der Waals surface area contributed by atoms with Gasteiger partial charge in [0.2, 0.25) is 5.91 Å². The maximum absolute atomic E-state index is 11.9. The molecule has 0 bridgehead atoms. The molecule has 2 N–H and O–H groups in total. The number of hydrogen-bond acceptors (Lipinski definition) is 6. The van der Waals surface area contributed by atoms with Crippen molar-refractivity contribution >= 4 is 51.6 Å². The van der Waals surface area contributed by atoms with Crippen LogP contribution in [0.2, 0.25) is 0 Å². The van der Waals surface area contributed by atoms with Crippen LogP contribution in [0.15, 0.2) is 11.4 Å². The van der Waals surface area contributed by atoms with E-state index in [1.54, 1.807) is 17.7 Å². The van der Waals surface area contributed by atoms with Crippen molar-refractivity contribution in [1.29, 1.82) is 0 Å². The molecule has 0 aromatic carbocycles. The Balaban J connectivity index is 0.00000264. The molecule has 2 heterocycles. The second-order valence-corrected chi connectivity index (χ2v) is 7.20. The zero-order valence-corrected chi connectivity index (χ0v) is 16.1. The third-order valence-electron chi connectivity index (χ3n) is 3.32. The van der Waals surface area contributed by atoms with Crippen LogP contribution in [0.4, 0.5) is 0 Å². The molecule has 0 saturated carbocycles. The Morgan fingerprint density at radius 2 is 2.04 bits per heavy atom. The van der Waals surface area contributed by atoms with E-state index >= 15 is 0 Å². The number of amides is 1. The fourth-order valence-electron chi connectivity index (χ4n) is 2.04. The second-order valence-electron chi connectivity index (χ2n) is 5.03. The minimum atomic E-state index is 0. The quantitative estimate of drug-likeness (QED) is 0.422. The molecule has 0 aliphatic heterocycles. The Hall–Kier alpha value is -0.890. The molecule has 2 aromatic rings. The highest BCUT2D eigenvalue weighted by Crippen LogP contribution is 2.34. The van der Waals surface area contributed by atoms with Crippen LogP contribution in [0.5, 0.6) is 0 Å². The Bertz CT molecular complexity index is 648. The average Bonchev–Trinajstić information content (AvgIpc) is 2.80. The number of aryl methyl sites for hydroxylation is 2. The van der Waals surface area contributed by atoms with Crippen molar-refractivity contribution in [2.45, 2.75) is 32.2 Å². The number of rotatable bonds is 8. The molecule has 0 unspecified atom stereocenters. The van der Waals surface area contributed by atoms with E-state index in [9.17, 15) is 4.79 Å². The maximum atomic E-state index is 11.9. The predicted molar refractivity (Wildman–Crippen MR) is 101 cm³/mol. The molecular formula is C15H23ClN4OS2. The van der Waals surface area contributed by atoms with Gasteiger partial charge in [-0.05, 0) is 32.4 Å². The van der Waals surface area contributed by atoms with Crippen LogP contribution in [0, 0.1) is 13.8 Å². The molecule has 8 heteroatoms. The number of hydrogen-bond donors (Lipinski definition) is 2. The summed E-state index contributed by atoms with van der Waals surface area (Å²) in [5, 5.41) is 8.16. The third kappa shape index (κ3) is 5.60. The molecule has 0 spiro atoms. The summed E-state index contributed by atoms with van der Waals surface area (Å²) in [5.74, 6) is 0.425. The molecule has 2 aromatic heterocycles. The van der Waals surface area contributed by atoms with E-state index in [0.29, 0.717) is 12.3 Å². The van der Waals surface area contributed by atoms with Crippen LogP contribution >= 0.6 is 35.5 Å². The largest absolute Gasteiger partial charge is 0.354 e. The zero-order valence-electron chi connectivity index (χ0n) is 13.6. The first-order valence-electron chi connectivity index (χ1n) is 7.44. The van der Waals surface area contributed by atoms with E-state index in [-0.39, 0.29) is 18.3 Å². The number of thiophene rings is 1. The molecule has 0 aliphatic rings. The number of carbonyl (C=O) groups is 1. The normalized spacial score (nSPS) is 10.6. The Kier molecular flexibility index (Phi) is 8.83. The lowest BCUT2D eigenvalue weighted by Crippen LogP contribution is -2.33. The molecular weight excluding hydrogens is 352 g/mol. The lowest BCUT2D eigenvalue weighted by molar-refractivity contribution is -0.118. The molecule has 0 radical (unpaired) electrons. The molecule has 0 saturated heterocycles. The summed E-state index contributed by atoms with van der Waals surface area (Å²) < 4.78 is 0. The van der Waals surface area contributed by atoms with Gasteiger partial charge < -0.3 is 10.6 Å². The molecule has 2 rings (SSSR count). The Labute approximate surface area is 151 Å². The van der Waals surface area contributed by atoms with Crippen molar-refractivity contribution in [3.63, 3.8) is 0 Å². The first-order valence-corrected chi connectivity index (χ1v) is 9.24. The van der Waals surface area contributed by atoms with E-state index in [1.807, 2.05) is 0 Å². The molecule has 23 heavy (non-hydrogen) atoms. The summed E-state index contributed by atoms with van der Waals surface area (Å²) in [7, 11) is 0. The van der Waals surface area contributed by atoms with E-state index in [1.165, 1.54) is 22.2 Å². The summed E-state index contributed by atoms with van der Waals surface area (Å²) in [6, 6.07) is 0. The highest BCUT2D eigenvalue weighted by Gasteiger charge is 2.13. The second kappa shape index (κ2) is 10.1. The van der Waals surface area contributed by atoms with Gasteiger partial charge in [0.05, 0.1) is 5.75 Å². The van der Waals surface area contributed by atoms with Gasteiger partial charge >= 0.3 is 0 Å². The van der Waals surface area contributed by atoms with Crippen molar-refractivity contribution in [1.82, 2.24) is 20.6 Å². The van der Waals surface area contributed by atoms with Gasteiger partial charge in [-0.2, -0.15) is 0 Å². The van der Waals surface area contributed by atoms with E-state index in [0.717, 1.165) is 34.8 Å². The summed E-state index contributed by atoms with van der Waals surface area (Å²) in [6.07, 6.45) is 2.68. The highest BCUT2D eigenvalue weighted by atomic mass is 35.5. The fraction of sp³-hybridized carbons (Fsp3) is 0.533. The first-order chi connectivity index (χ1) is 10.6. The fourth-order valence-corrected chi connectivity index (χ4v) is 3.98. The highest BCUT2D eigenvalue weighted by molar-refractivity contribution is 8.00. The van der Waals surface area contributed by atoms with Gasteiger partial charge in [0.1, 0.15) is 16.2 Å². The number of nitrogens with one attached hydrogen (secondary N) is 2. The average molecular weight is 375 g/mol. The molecule has 0 fully saturated rings. The monoisotopic (exact) mass is 374 g/mol. The van der Waals surface area contributed by atoms with E-state index < -0.39 is 0 Å². The van der Waals surface area contributed by atoms with E-state index in [2.05, 4.69) is 41.4 Å². The number of fused-ring (bicyclic) bond motifs is 1. The summed E-state index contributed by atoms with van der Waals surface area (Å²) >= 11 is 3.15. The number of nitrogens with zero attached hydrogens (tertiary/aromatic N) is 2. The van der Waals surface area contributed by atoms with Gasteiger partial charge in [-0.15, -0.1) is 23.7 Å². The van der Waals surface area contributed by atoms with Crippen LogP contribution in [0.3, 0.4) is 0 Å². The first kappa shape index (κ1) is 20.2. The standard InChI is InChI=1S/C15H22N4OS2.ClH/c1-4-5-16-6-7-17-12(20)8-21-14-13-10(2)11(3)22-15(13)19-9-18-14;/h9,16H,4-8H2,1-3H3,(H,17,20);1H. The van der Waals surface area contributed by atoms with Gasteiger partial charge in [-0.3, -0.25) is 4.79 Å². The van der Waals surface area contributed by atoms with Gasteiger partial charge in [0, 0.05) is 23.4 Å². The number of thioether (sulfide) groups is 1. The zero-order chi connectivity index (χ0) is 15.9. The van der Waals surface area contributed by atoms with Gasteiger partial charge in [0.15, 0.2) is 0 Å². The van der Waals surface area contributed by atoms with Gasteiger partial charge in [-0.25, -0.2) is 9.97 Å². The van der Waals surface area contributed by atoms with Crippen molar-refractivity contribution in [2.24, 2.45) is 0 Å². The molecule has 128 valence electrons. The lowest BCUT2D eigenvalue weighted by Gasteiger charge is -2.06. The Morgan fingerprint density at radius 1 is 1.26 bits per heavy atom. The molecule has 0 aliphatic carbocycles. The van der Waals surface area contributed by atoms with Crippen LogP contribution in [0.25, 0.3) is 10.2 Å². The predicted octanol–water partition coefficient (Wildman–Crippen LogP) is 2.94. The minimum absolute atomic E-state index is 0. The van der Waals surface area contributed by atoms with Crippen LogP contribution in [-0.2, 0) is 4.79 Å². The topological polar surface area (TPSA) is 66.9 Å². The van der Waals surface area contributed by atoms with Gasteiger partial charge in [0.25, 0.3) is 0 Å². The van der Waals surface area contributed by atoms with Crippen LogP contribution in [0.1, 0.15) is 23.8 Å². The van der Waals surface area contributed by atoms with Crippen molar-refractivity contribution in [2.75, 3.05) is 25.4 Å². The summed E-state index contributed by atoms with van der Waals surface area (Å²) in [5.41, 5.74) is 1.22. The van der Waals surface area contributed by atoms with Crippen LogP contribution < -0.4 is 10.6 Å². The number of carbonyl (C=O) groups excluding carboxylic acids is 1. The maximum Gasteiger partial charge on any atom is 0.230 e. The van der Waals surface area contributed by atoms with E-state index in [4.69, 9.17) is 0 Å². The molecule has 1 amide bonds. The number of halogens is 1. The van der Waals surface area contributed by atoms with Crippen LogP contribution in [-0.4, -0.2) is 41.3 Å². The van der Waals surface area contributed by atoms with Crippen molar-refractivity contribution < 1.29 is 4.79 Å². The SMILES string of the molecule is CCCNCCNC(=O)CSc1ncnc2sc(C)c(C)c12.Cl. The summed E-state index contributed by atoms with van der Waals surface area (Å²) in [6.45, 7) is 8.76. The van der Waals surface area contributed by atoms with Crippen molar-refractivity contribution in [3.8, 4) is 0 Å². The Morgan fingerprint density at radius 3 is 2.78 bits per heavy atom. The lowest BCUT2D eigenvalue weighted by atomic mass is 10.2. The smallest absolute Gasteiger partial charge is 0.230 e. The van der Waals surface area contributed by atoms with Gasteiger partial charge in [-0.1, -0.05) is 18.7 Å².